The van der Waals surface area contributed by atoms with E-state index in [0.717, 1.165) is 11.1 Å². The van der Waals surface area contributed by atoms with Gasteiger partial charge >= 0.3 is 0 Å². The molecule has 0 saturated carbocycles. The number of carbonyl (C=O) groups excluding carboxylic acids is 2. The van der Waals surface area contributed by atoms with Crippen LogP contribution in [0.25, 0.3) is 11.0 Å². The molecule has 0 bridgehead atoms. The SMILES string of the molecule is C=CCN(CC(=O)N(Cc1ccccc1)Cc1coc2ccc(C)cc2c1=O)C(=O)c1cccs1. The molecule has 2 heterocycles. The minimum atomic E-state index is -0.274. The summed E-state index contributed by atoms with van der Waals surface area (Å²) in [7, 11) is 0. The number of hydrogen-bond acceptors (Lipinski definition) is 5. The van der Waals surface area contributed by atoms with Crippen LogP contribution >= 0.6 is 11.3 Å². The summed E-state index contributed by atoms with van der Waals surface area (Å²) in [5.41, 5.74) is 2.59. The van der Waals surface area contributed by atoms with Crippen LogP contribution in [0.3, 0.4) is 0 Å². The van der Waals surface area contributed by atoms with Gasteiger partial charge in [0.05, 0.1) is 28.6 Å². The van der Waals surface area contributed by atoms with Crippen LogP contribution in [-0.2, 0) is 17.9 Å². The Balaban J connectivity index is 1.63. The molecule has 0 radical (unpaired) electrons. The van der Waals surface area contributed by atoms with Gasteiger partial charge in [0, 0.05) is 13.1 Å². The molecule has 0 N–H and O–H groups in total. The lowest BCUT2D eigenvalue weighted by molar-refractivity contribution is -0.133. The zero-order valence-electron chi connectivity index (χ0n) is 19.5. The number of carbonyl (C=O) groups is 2. The van der Waals surface area contributed by atoms with Gasteiger partial charge in [0.15, 0.2) is 5.43 Å². The average Bonchev–Trinajstić information content (AvgIpc) is 3.40. The number of nitrogens with zero attached hydrogens (tertiary/aromatic N) is 2. The molecule has 4 rings (SSSR count). The Morgan fingerprint density at radius 2 is 1.83 bits per heavy atom. The maximum absolute atomic E-state index is 13.5. The molecular formula is C28H26N2O4S. The second kappa shape index (κ2) is 11.0. The number of benzene rings is 2. The van der Waals surface area contributed by atoms with Gasteiger partial charge in [-0.15, -0.1) is 17.9 Å². The first kappa shape index (κ1) is 24.2. The van der Waals surface area contributed by atoms with E-state index >= 15 is 0 Å². The van der Waals surface area contributed by atoms with E-state index in [4.69, 9.17) is 4.42 Å². The van der Waals surface area contributed by atoms with E-state index in [2.05, 4.69) is 6.58 Å². The molecule has 2 amide bonds. The topological polar surface area (TPSA) is 70.8 Å². The Labute approximate surface area is 207 Å². The van der Waals surface area contributed by atoms with Crippen molar-refractivity contribution in [3.8, 4) is 0 Å². The smallest absolute Gasteiger partial charge is 0.264 e. The van der Waals surface area contributed by atoms with Crippen LogP contribution in [0, 0.1) is 6.92 Å². The Morgan fingerprint density at radius 1 is 1.03 bits per heavy atom. The quantitative estimate of drug-likeness (QED) is 0.312. The third kappa shape index (κ3) is 5.75. The lowest BCUT2D eigenvalue weighted by Crippen LogP contribution is -2.42. The summed E-state index contributed by atoms with van der Waals surface area (Å²) in [4.78, 5) is 43.3. The van der Waals surface area contributed by atoms with Gasteiger partial charge in [0.1, 0.15) is 12.1 Å². The van der Waals surface area contributed by atoms with Crippen molar-refractivity contribution in [2.75, 3.05) is 13.1 Å². The van der Waals surface area contributed by atoms with Crippen molar-refractivity contribution < 1.29 is 14.0 Å². The highest BCUT2D eigenvalue weighted by atomic mass is 32.1. The lowest BCUT2D eigenvalue weighted by Gasteiger charge is -2.27. The summed E-state index contributed by atoms with van der Waals surface area (Å²) in [5.74, 6) is -0.502. The third-order valence-electron chi connectivity index (χ3n) is 5.62. The zero-order chi connectivity index (χ0) is 24.8. The van der Waals surface area contributed by atoms with Crippen molar-refractivity contribution in [1.29, 1.82) is 0 Å². The van der Waals surface area contributed by atoms with Crippen LogP contribution in [0.2, 0.25) is 0 Å². The third-order valence-corrected chi connectivity index (χ3v) is 6.48. The molecule has 0 atom stereocenters. The van der Waals surface area contributed by atoms with Gasteiger partial charge < -0.3 is 14.2 Å². The molecule has 2 aromatic carbocycles. The van der Waals surface area contributed by atoms with Crippen LogP contribution in [0.1, 0.15) is 26.4 Å². The molecule has 0 unspecified atom stereocenters. The number of thiophene rings is 1. The highest BCUT2D eigenvalue weighted by Gasteiger charge is 2.23. The normalized spacial score (nSPS) is 10.8. The summed E-state index contributed by atoms with van der Waals surface area (Å²) >= 11 is 1.33. The van der Waals surface area contributed by atoms with Gasteiger partial charge in [-0.05, 0) is 36.1 Å². The molecule has 6 nitrogen and oxygen atoms in total. The number of amides is 2. The fourth-order valence-electron chi connectivity index (χ4n) is 3.83. The van der Waals surface area contributed by atoms with Gasteiger partial charge in [0.2, 0.25) is 5.91 Å². The Kier molecular flexibility index (Phi) is 7.57. The second-order valence-electron chi connectivity index (χ2n) is 8.28. The number of fused-ring (bicyclic) bond motifs is 1. The molecule has 7 heteroatoms. The van der Waals surface area contributed by atoms with Gasteiger partial charge in [-0.2, -0.15) is 0 Å². The highest BCUT2D eigenvalue weighted by Crippen LogP contribution is 2.17. The van der Waals surface area contributed by atoms with Crippen molar-refractivity contribution in [3.63, 3.8) is 0 Å². The van der Waals surface area contributed by atoms with E-state index in [1.807, 2.05) is 48.7 Å². The Hall–Kier alpha value is -3.97. The minimum absolute atomic E-state index is 0.0645. The van der Waals surface area contributed by atoms with E-state index in [1.54, 1.807) is 35.2 Å². The molecule has 0 saturated heterocycles. The standard InChI is InChI=1S/C28H26N2O4S/c1-3-13-29(28(33)25-10-7-14-35-25)18-26(31)30(16-21-8-5-4-6-9-21)17-22-19-34-24-12-11-20(2)15-23(24)27(22)32/h3-12,14-15,19H,1,13,16-18H2,2H3. The monoisotopic (exact) mass is 486 g/mol. The van der Waals surface area contributed by atoms with E-state index in [0.29, 0.717) is 28.0 Å². The van der Waals surface area contributed by atoms with E-state index in [1.165, 1.54) is 22.5 Å². The first-order valence-corrected chi connectivity index (χ1v) is 12.1. The Morgan fingerprint density at radius 3 is 2.54 bits per heavy atom. The van der Waals surface area contributed by atoms with Crippen LogP contribution in [0.5, 0.6) is 0 Å². The first-order chi connectivity index (χ1) is 17.0. The molecular weight excluding hydrogens is 460 g/mol. The summed E-state index contributed by atoms with van der Waals surface area (Å²) in [5, 5.41) is 2.31. The summed E-state index contributed by atoms with van der Waals surface area (Å²) in [6.45, 7) is 6.10. The van der Waals surface area contributed by atoms with Crippen LogP contribution < -0.4 is 5.43 Å². The number of hydrogen-bond donors (Lipinski definition) is 0. The van der Waals surface area contributed by atoms with Crippen LogP contribution in [0.15, 0.2) is 94.2 Å². The molecule has 0 aliphatic rings. The predicted molar refractivity (Wildman–Crippen MR) is 138 cm³/mol. The van der Waals surface area contributed by atoms with E-state index < -0.39 is 0 Å². The predicted octanol–water partition coefficient (Wildman–Crippen LogP) is 5.02. The van der Waals surface area contributed by atoms with Crippen molar-refractivity contribution in [1.82, 2.24) is 9.80 Å². The molecule has 4 aromatic rings. The van der Waals surface area contributed by atoms with Gasteiger partial charge in [0.25, 0.3) is 5.91 Å². The van der Waals surface area contributed by atoms with Gasteiger partial charge in [-0.25, -0.2) is 0 Å². The minimum Gasteiger partial charge on any atom is -0.464 e. The fourth-order valence-corrected chi connectivity index (χ4v) is 4.52. The first-order valence-electron chi connectivity index (χ1n) is 11.2. The number of aryl methyl sites for hydroxylation is 1. The highest BCUT2D eigenvalue weighted by molar-refractivity contribution is 7.12. The zero-order valence-corrected chi connectivity index (χ0v) is 20.3. The molecule has 178 valence electrons. The summed E-state index contributed by atoms with van der Waals surface area (Å²) in [6, 6.07) is 18.5. The van der Waals surface area contributed by atoms with E-state index in [-0.39, 0.29) is 36.9 Å². The average molecular weight is 487 g/mol. The second-order valence-corrected chi connectivity index (χ2v) is 9.22. The molecule has 0 fully saturated rings. The molecule has 0 spiro atoms. The van der Waals surface area contributed by atoms with Crippen molar-refractivity contribution >= 4 is 34.1 Å². The van der Waals surface area contributed by atoms with Crippen LogP contribution in [-0.4, -0.2) is 34.7 Å². The Bertz CT molecular complexity index is 1390. The molecule has 0 aliphatic heterocycles. The maximum atomic E-state index is 13.5. The largest absolute Gasteiger partial charge is 0.464 e. The molecule has 35 heavy (non-hydrogen) atoms. The molecule has 0 aliphatic carbocycles. The number of rotatable bonds is 9. The van der Waals surface area contributed by atoms with E-state index in [9.17, 15) is 14.4 Å². The van der Waals surface area contributed by atoms with Crippen LogP contribution in [0.4, 0.5) is 0 Å². The van der Waals surface area contributed by atoms with Gasteiger partial charge in [-0.3, -0.25) is 14.4 Å². The van der Waals surface area contributed by atoms with Gasteiger partial charge in [-0.1, -0.05) is 54.1 Å². The van der Waals surface area contributed by atoms with Crippen molar-refractivity contribution in [2.24, 2.45) is 0 Å². The van der Waals surface area contributed by atoms with Crippen molar-refractivity contribution in [2.45, 2.75) is 20.0 Å². The summed E-state index contributed by atoms with van der Waals surface area (Å²) < 4.78 is 5.70. The summed E-state index contributed by atoms with van der Waals surface area (Å²) in [6.07, 6.45) is 3.02. The maximum Gasteiger partial charge on any atom is 0.264 e. The fraction of sp³-hybridized carbons (Fsp3) is 0.179. The lowest BCUT2D eigenvalue weighted by atomic mass is 10.1. The van der Waals surface area contributed by atoms with Crippen molar-refractivity contribution in [3.05, 3.63) is 117 Å². The molecule has 2 aromatic heterocycles.